The van der Waals surface area contributed by atoms with Gasteiger partial charge in [0.1, 0.15) is 0 Å². The maximum Gasteiger partial charge on any atom is 0.180 e. The summed E-state index contributed by atoms with van der Waals surface area (Å²) in [5, 5.41) is 1.59. The first-order valence-corrected chi connectivity index (χ1v) is 8.67. The third-order valence-electron chi connectivity index (χ3n) is 3.33. The molecule has 3 rings (SSSR count). The molecule has 0 saturated heterocycles. The zero-order valence-electron chi connectivity index (χ0n) is 12.2. The van der Waals surface area contributed by atoms with Crippen LogP contribution in [0.4, 0.5) is 5.13 Å². The normalized spacial score (nSPS) is 10.9. The number of anilines is 1. The molecule has 0 radical (unpaired) electrons. The third-order valence-corrected chi connectivity index (χ3v) is 5.04. The highest BCUT2D eigenvalue weighted by Crippen LogP contribution is 2.31. The van der Waals surface area contributed by atoms with Crippen LogP contribution in [0.1, 0.15) is 17.0 Å². The Morgan fingerprint density at radius 2 is 1.96 bits per heavy atom. The van der Waals surface area contributed by atoms with Crippen LogP contribution in [0.3, 0.4) is 0 Å². The van der Waals surface area contributed by atoms with Crippen molar-refractivity contribution in [2.75, 3.05) is 5.73 Å². The SMILES string of the molecule is Nc1ncc(CCCc2ccnc(-c3cccc(Cl)c3Cl)n2)s1. The van der Waals surface area contributed by atoms with E-state index in [0.717, 1.165) is 30.5 Å². The lowest BCUT2D eigenvalue weighted by Gasteiger charge is -2.06. The molecule has 1 aromatic carbocycles. The molecule has 2 heterocycles. The van der Waals surface area contributed by atoms with Gasteiger partial charge in [0.05, 0.1) is 10.0 Å². The van der Waals surface area contributed by atoms with Crippen molar-refractivity contribution >= 4 is 39.7 Å². The lowest BCUT2D eigenvalue weighted by atomic mass is 10.1. The van der Waals surface area contributed by atoms with Crippen LogP contribution in [0.2, 0.25) is 10.0 Å². The molecule has 0 atom stereocenters. The zero-order valence-corrected chi connectivity index (χ0v) is 14.5. The maximum absolute atomic E-state index is 6.24. The van der Waals surface area contributed by atoms with Gasteiger partial charge in [0.2, 0.25) is 0 Å². The van der Waals surface area contributed by atoms with E-state index in [1.165, 1.54) is 16.2 Å². The zero-order chi connectivity index (χ0) is 16.2. The van der Waals surface area contributed by atoms with Crippen molar-refractivity contribution in [1.82, 2.24) is 15.0 Å². The van der Waals surface area contributed by atoms with Gasteiger partial charge in [-0.15, -0.1) is 11.3 Å². The quantitative estimate of drug-likeness (QED) is 0.714. The Hall–Kier alpha value is -1.69. The van der Waals surface area contributed by atoms with Crippen molar-refractivity contribution in [3.05, 3.63) is 57.3 Å². The maximum atomic E-state index is 6.24. The highest BCUT2D eigenvalue weighted by Gasteiger charge is 2.10. The van der Waals surface area contributed by atoms with Crippen LogP contribution >= 0.6 is 34.5 Å². The third kappa shape index (κ3) is 3.99. The minimum Gasteiger partial charge on any atom is -0.375 e. The van der Waals surface area contributed by atoms with E-state index in [2.05, 4.69) is 15.0 Å². The van der Waals surface area contributed by atoms with Crippen LogP contribution in [-0.4, -0.2) is 15.0 Å². The van der Waals surface area contributed by atoms with Gasteiger partial charge in [0, 0.05) is 28.5 Å². The van der Waals surface area contributed by atoms with Crippen molar-refractivity contribution in [1.29, 1.82) is 0 Å². The largest absolute Gasteiger partial charge is 0.375 e. The van der Waals surface area contributed by atoms with E-state index in [1.54, 1.807) is 12.3 Å². The average Bonchev–Trinajstić information content (AvgIpc) is 2.96. The minimum absolute atomic E-state index is 0.478. The number of hydrogen-bond acceptors (Lipinski definition) is 5. The van der Waals surface area contributed by atoms with E-state index in [0.29, 0.717) is 21.0 Å². The molecule has 0 aliphatic carbocycles. The predicted molar refractivity (Wildman–Crippen MR) is 96.0 cm³/mol. The van der Waals surface area contributed by atoms with Gasteiger partial charge < -0.3 is 5.73 Å². The van der Waals surface area contributed by atoms with Crippen molar-refractivity contribution in [2.24, 2.45) is 0 Å². The second-order valence-corrected chi connectivity index (χ2v) is 6.92. The summed E-state index contributed by atoms with van der Waals surface area (Å²) >= 11 is 13.8. The summed E-state index contributed by atoms with van der Waals surface area (Å²) in [5.74, 6) is 0.594. The summed E-state index contributed by atoms with van der Waals surface area (Å²) in [7, 11) is 0. The monoisotopic (exact) mass is 364 g/mol. The van der Waals surface area contributed by atoms with E-state index in [1.807, 2.05) is 24.4 Å². The number of nitrogens with two attached hydrogens (primary N) is 1. The average molecular weight is 365 g/mol. The van der Waals surface area contributed by atoms with Crippen LogP contribution in [0.25, 0.3) is 11.4 Å². The Morgan fingerprint density at radius 1 is 1.09 bits per heavy atom. The minimum atomic E-state index is 0.478. The Bertz CT molecular complexity index is 819. The summed E-state index contributed by atoms with van der Waals surface area (Å²) in [6.45, 7) is 0. The number of rotatable bonds is 5. The molecule has 0 unspecified atom stereocenters. The second kappa shape index (κ2) is 7.25. The van der Waals surface area contributed by atoms with Gasteiger partial charge in [-0.05, 0) is 37.5 Å². The lowest BCUT2D eigenvalue weighted by molar-refractivity contribution is 0.803. The van der Waals surface area contributed by atoms with Crippen LogP contribution in [0.15, 0.2) is 36.7 Å². The topological polar surface area (TPSA) is 64.7 Å². The molecule has 4 nitrogen and oxygen atoms in total. The Morgan fingerprint density at radius 3 is 2.74 bits per heavy atom. The number of aryl methyl sites for hydroxylation is 2. The molecule has 2 N–H and O–H groups in total. The van der Waals surface area contributed by atoms with Crippen LogP contribution in [0, 0.1) is 0 Å². The molecule has 0 bridgehead atoms. The fourth-order valence-electron chi connectivity index (χ4n) is 2.22. The number of thiazole rings is 1. The number of hydrogen-bond donors (Lipinski definition) is 1. The van der Waals surface area contributed by atoms with E-state index >= 15 is 0 Å². The van der Waals surface area contributed by atoms with E-state index in [9.17, 15) is 0 Å². The van der Waals surface area contributed by atoms with Gasteiger partial charge in [0.25, 0.3) is 0 Å². The summed E-state index contributed by atoms with van der Waals surface area (Å²) < 4.78 is 0. The van der Waals surface area contributed by atoms with Gasteiger partial charge in [-0.3, -0.25) is 0 Å². The second-order valence-electron chi connectivity index (χ2n) is 4.99. The van der Waals surface area contributed by atoms with Crippen molar-refractivity contribution in [2.45, 2.75) is 19.3 Å². The molecule has 118 valence electrons. The fraction of sp³-hybridized carbons (Fsp3) is 0.188. The molecule has 0 fully saturated rings. The van der Waals surface area contributed by atoms with Gasteiger partial charge in [-0.1, -0.05) is 29.3 Å². The number of benzene rings is 1. The summed E-state index contributed by atoms with van der Waals surface area (Å²) in [6.07, 6.45) is 6.34. The summed E-state index contributed by atoms with van der Waals surface area (Å²) in [5.41, 5.74) is 7.36. The van der Waals surface area contributed by atoms with E-state index < -0.39 is 0 Å². The number of halogens is 2. The van der Waals surface area contributed by atoms with Gasteiger partial charge in [-0.2, -0.15) is 0 Å². The van der Waals surface area contributed by atoms with Gasteiger partial charge >= 0.3 is 0 Å². The highest BCUT2D eigenvalue weighted by molar-refractivity contribution is 7.15. The molecule has 0 spiro atoms. The van der Waals surface area contributed by atoms with E-state index in [4.69, 9.17) is 28.9 Å². The molecule has 2 aromatic heterocycles. The molecular formula is C16H14Cl2N4S. The number of nitrogens with zero attached hydrogens (tertiary/aromatic N) is 3. The van der Waals surface area contributed by atoms with Crippen LogP contribution < -0.4 is 5.73 Å². The summed E-state index contributed by atoms with van der Waals surface area (Å²) in [6, 6.07) is 7.38. The summed E-state index contributed by atoms with van der Waals surface area (Å²) in [4.78, 5) is 14.1. The molecule has 23 heavy (non-hydrogen) atoms. The van der Waals surface area contributed by atoms with Crippen molar-refractivity contribution < 1.29 is 0 Å². The lowest BCUT2D eigenvalue weighted by Crippen LogP contribution is -1.97. The number of nitrogen functional groups attached to an aromatic ring is 1. The molecule has 7 heteroatoms. The standard InChI is InChI=1S/C16H14Cl2N4S/c17-13-6-2-5-12(14(13)18)15-20-8-7-10(22-15)3-1-4-11-9-21-16(19)23-11/h2,5-9H,1,3-4H2,(H2,19,21). The molecule has 0 saturated carbocycles. The van der Waals surface area contributed by atoms with E-state index in [-0.39, 0.29) is 0 Å². The van der Waals surface area contributed by atoms with Crippen molar-refractivity contribution in [3.8, 4) is 11.4 Å². The number of aromatic nitrogens is 3. The molecule has 0 amide bonds. The molecule has 3 aromatic rings. The fourth-order valence-corrected chi connectivity index (χ4v) is 3.33. The molecular weight excluding hydrogens is 351 g/mol. The van der Waals surface area contributed by atoms with Crippen molar-refractivity contribution in [3.63, 3.8) is 0 Å². The predicted octanol–water partition coefficient (Wildman–Crippen LogP) is 4.66. The first-order chi connectivity index (χ1) is 11.1. The highest BCUT2D eigenvalue weighted by atomic mass is 35.5. The Labute approximate surface area is 148 Å². The first kappa shape index (κ1) is 16.2. The Balaban J connectivity index is 1.71. The van der Waals surface area contributed by atoms with Gasteiger partial charge in [-0.25, -0.2) is 15.0 Å². The molecule has 0 aliphatic heterocycles. The first-order valence-electron chi connectivity index (χ1n) is 7.10. The van der Waals surface area contributed by atoms with Gasteiger partial charge in [0.15, 0.2) is 11.0 Å². The van der Waals surface area contributed by atoms with Crippen LogP contribution in [-0.2, 0) is 12.8 Å². The Kier molecular flexibility index (Phi) is 5.10. The smallest absolute Gasteiger partial charge is 0.180 e. The molecule has 0 aliphatic rings. The van der Waals surface area contributed by atoms with Crippen LogP contribution in [0.5, 0.6) is 0 Å².